The predicted octanol–water partition coefficient (Wildman–Crippen LogP) is 4.03. The lowest BCUT2D eigenvalue weighted by atomic mass is 10.1. The van der Waals surface area contributed by atoms with Crippen LogP contribution in [0.1, 0.15) is 30.4 Å². The summed E-state index contributed by atoms with van der Waals surface area (Å²) in [4.78, 5) is 12.4. The zero-order valence-corrected chi connectivity index (χ0v) is 17.7. The van der Waals surface area contributed by atoms with Crippen molar-refractivity contribution in [3.63, 3.8) is 0 Å². The molecule has 1 amide bonds. The molecule has 5 nitrogen and oxygen atoms in total. The van der Waals surface area contributed by atoms with Gasteiger partial charge in [-0.15, -0.1) is 0 Å². The van der Waals surface area contributed by atoms with Gasteiger partial charge in [-0.1, -0.05) is 47.8 Å². The highest BCUT2D eigenvalue weighted by Gasteiger charge is 2.25. The monoisotopic (exact) mass is 440 g/mol. The number of sulfonamides is 1. The van der Waals surface area contributed by atoms with Gasteiger partial charge in [0.05, 0.1) is 21.4 Å². The van der Waals surface area contributed by atoms with Gasteiger partial charge in [0, 0.05) is 19.6 Å². The van der Waals surface area contributed by atoms with Gasteiger partial charge in [-0.25, -0.2) is 8.42 Å². The van der Waals surface area contributed by atoms with Crippen molar-refractivity contribution in [2.75, 3.05) is 13.1 Å². The normalized spacial score (nSPS) is 15.4. The Hall–Kier alpha value is -1.60. The quantitative estimate of drug-likeness (QED) is 0.736. The number of nitrogens with one attached hydrogen (secondary N) is 1. The standard InChI is InChI=1S/C20H22Cl2N2O3S/c21-18-9-6-16(12-19(18)22)13-20(25)23-14-15-4-7-17(8-5-15)28(26,27)24-10-2-1-3-11-24/h4-9,12H,1-3,10-11,13-14H2,(H,23,25). The van der Waals surface area contributed by atoms with Crippen LogP contribution in [0.15, 0.2) is 47.4 Å². The van der Waals surface area contributed by atoms with Gasteiger partial charge >= 0.3 is 0 Å². The highest BCUT2D eigenvalue weighted by molar-refractivity contribution is 7.89. The summed E-state index contributed by atoms with van der Waals surface area (Å²) >= 11 is 11.8. The van der Waals surface area contributed by atoms with E-state index in [9.17, 15) is 13.2 Å². The Morgan fingerprint density at radius 1 is 0.929 bits per heavy atom. The maximum absolute atomic E-state index is 12.7. The van der Waals surface area contributed by atoms with Gasteiger partial charge in [0.25, 0.3) is 0 Å². The third-order valence-corrected chi connectivity index (χ3v) is 7.37. The zero-order chi connectivity index (χ0) is 20.1. The largest absolute Gasteiger partial charge is 0.352 e. The molecule has 0 atom stereocenters. The lowest BCUT2D eigenvalue weighted by molar-refractivity contribution is -0.120. The zero-order valence-electron chi connectivity index (χ0n) is 15.3. The van der Waals surface area contributed by atoms with E-state index in [1.807, 2.05) is 0 Å². The van der Waals surface area contributed by atoms with Crippen molar-refractivity contribution in [3.8, 4) is 0 Å². The summed E-state index contributed by atoms with van der Waals surface area (Å²) in [5.41, 5.74) is 1.61. The first-order chi connectivity index (χ1) is 13.4. The third-order valence-electron chi connectivity index (χ3n) is 4.71. The summed E-state index contributed by atoms with van der Waals surface area (Å²) < 4.78 is 26.9. The molecule has 1 aliphatic rings. The fourth-order valence-corrected chi connectivity index (χ4v) is 4.97. The first-order valence-electron chi connectivity index (χ1n) is 9.16. The number of halogens is 2. The molecule has 1 heterocycles. The van der Waals surface area contributed by atoms with Crippen LogP contribution in [0.2, 0.25) is 10.0 Å². The summed E-state index contributed by atoms with van der Waals surface area (Å²) in [5, 5.41) is 3.69. The van der Waals surface area contributed by atoms with Crippen LogP contribution in [0.4, 0.5) is 0 Å². The van der Waals surface area contributed by atoms with E-state index in [1.54, 1.807) is 46.8 Å². The minimum absolute atomic E-state index is 0.150. The van der Waals surface area contributed by atoms with E-state index in [2.05, 4.69) is 5.32 Å². The van der Waals surface area contributed by atoms with E-state index in [4.69, 9.17) is 23.2 Å². The van der Waals surface area contributed by atoms with Gasteiger partial charge in [0.1, 0.15) is 0 Å². The Morgan fingerprint density at radius 2 is 1.57 bits per heavy atom. The number of carbonyl (C=O) groups is 1. The fourth-order valence-electron chi connectivity index (χ4n) is 3.13. The number of piperidine rings is 1. The smallest absolute Gasteiger partial charge is 0.243 e. The lowest BCUT2D eigenvalue weighted by Crippen LogP contribution is -2.35. The molecule has 2 aromatic carbocycles. The summed E-state index contributed by atoms with van der Waals surface area (Å²) in [6.07, 6.45) is 3.08. The second-order valence-electron chi connectivity index (χ2n) is 6.81. The molecule has 0 bridgehead atoms. The van der Waals surface area contributed by atoms with Crippen LogP contribution >= 0.6 is 23.2 Å². The first-order valence-corrected chi connectivity index (χ1v) is 11.4. The number of benzene rings is 2. The molecule has 0 saturated carbocycles. The molecule has 28 heavy (non-hydrogen) atoms. The number of carbonyl (C=O) groups excluding carboxylic acids is 1. The van der Waals surface area contributed by atoms with Crippen molar-refractivity contribution in [2.45, 2.75) is 37.1 Å². The molecule has 1 N–H and O–H groups in total. The van der Waals surface area contributed by atoms with E-state index in [-0.39, 0.29) is 12.3 Å². The Bertz CT molecular complexity index is 940. The van der Waals surface area contributed by atoms with E-state index in [0.717, 1.165) is 30.4 Å². The van der Waals surface area contributed by atoms with E-state index < -0.39 is 10.0 Å². The molecule has 1 saturated heterocycles. The number of nitrogens with zero attached hydrogens (tertiary/aromatic N) is 1. The molecule has 2 aromatic rings. The van der Waals surface area contributed by atoms with Crippen molar-refractivity contribution in [3.05, 3.63) is 63.6 Å². The molecule has 150 valence electrons. The average molecular weight is 441 g/mol. The lowest BCUT2D eigenvalue weighted by Gasteiger charge is -2.25. The molecule has 0 unspecified atom stereocenters. The Morgan fingerprint density at radius 3 is 2.21 bits per heavy atom. The van der Waals surface area contributed by atoms with Crippen molar-refractivity contribution in [1.82, 2.24) is 9.62 Å². The molecular formula is C20H22Cl2N2O3S. The van der Waals surface area contributed by atoms with Crippen molar-refractivity contribution in [2.24, 2.45) is 0 Å². The third kappa shape index (κ3) is 5.26. The first kappa shape index (κ1) is 21.1. The van der Waals surface area contributed by atoms with Crippen LogP contribution in [0.3, 0.4) is 0 Å². The summed E-state index contributed by atoms with van der Waals surface area (Å²) in [6, 6.07) is 11.8. The van der Waals surface area contributed by atoms with Gasteiger partial charge in [-0.2, -0.15) is 4.31 Å². The van der Waals surface area contributed by atoms with Gasteiger partial charge in [-0.05, 0) is 48.2 Å². The number of hydrogen-bond donors (Lipinski definition) is 1. The van der Waals surface area contributed by atoms with Crippen LogP contribution in [0, 0.1) is 0 Å². The molecule has 8 heteroatoms. The maximum atomic E-state index is 12.7. The van der Waals surface area contributed by atoms with Crippen LogP contribution in [0.5, 0.6) is 0 Å². The Labute approximate surface area is 175 Å². The van der Waals surface area contributed by atoms with Crippen LogP contribution in [-0.2, 0) is 27.8 Å². The van der Waals surface area contributed by atoms with Crippen LogP contribution < -0.4 is 5.32 Å². The van der Waals surface area contributed by atoms with Crippen molar-refractivity contribution >= 4 is 39.1 Å². The SMILES string of the molecule is O=C(Cc1ccc(Cl)c(Cl)c1)NCc1ccc(S(=O)(=O)N2CCCCC2)cc1. The molecule has 0 spiro atoms. The minimum Gasteiger partial charge on any atom is -0.352 e. The highest BCUT2D eigenvalue weighted by Crippen LogP contribution is 2.23. The maximum Gasteiger partial charge on any atom is 0.243 e. The average Bonchev–Trinajstić information content (AvgIpc) is 2.70. The van der Waals surface area contributed by atoms with E-state index in [1.165, 1.54) is 0 Å². The summed E-state index contributed by atoms with van der Waals surface area (Å²) in [6.45, 7) is 1.48. The molecule has 0 aliphatic carbocycles. The van der Waals surface area contributed by atoms with Crippen LogP contribution in [0.25, 0.3) is 0 Å². The van der Waals surface area contributed by atoms with Crippen LogP contribution in [-0.4, -0.2) is 31.7 Å². The van der Waals surface area contributed by atoms with Gasteiger partial charge in [-0.3, -0.25) is 4.79 Å². The molecule has 3 rings (SSSR count). The summed E-state index contributed by atoms with van der Waals surface area (Å²) in [5.74, 6) is -0.150. The van der Waals surface area contributed by atoms with Crippen molar-refractivity contribution < 1.29 is 13.2 Å². The molecule has 0 radical (unpaired) electrons. The molecular weight excluding hydrogens is 419 g/mol. The van der Waals surface area contributed by atoms with Gasteiger partial charge in [0.2, 0.25) is 15.9 Å². The number of hydrogen-bond acceptors (Lipinski definition) is 3. The highest BCUT2D eigenvalue weighted by atomic mass is 35.5. The Balaban J connectivity index is 1.56. The minimum atomic E-state index is -3.44. The van der Waals surface area contributed by atoms with Crippen molar-refractivity contribution in [1.29, 1.82) is 0 Å². The van der Waals surface area contributed by atoms with Gasteiger partial charge in [0.15, 0.2) is 0 Å². The molecule has 1 fully saturated rings. The predicted molar refractivity (Wildman–Crippen MR) is 111 cm³/mol. The summed E-state index contributed by atoms with van der Waals surface area (Å²) in [7, 11) is -3.44. The number of rotatable bonds is 6. The Kier molecular flexibility index (Phi) is 6.99. The molecule has 1 aliphatic heterocycles. The second-order valence-corrected chi connectivity index (χ2v) is 9.56. The molecule has 0 aromatic heterocycles. The second kappa shape index (κ2) is 9.27. The fraction of sp³-hybridized carbons (Fsp3) is 0.350. The van der Waals surface area contributed by atoms with E-state index in [0.29, 0.717) is 34.6 Å². The topological polar surface area (TPSA) is 66.5 Å². The number of amides is 1. The van der Waals surface area contributed by atoms with Gasteiger partial charge < -0.3 is 5.32 Å². The van der Waals surface area contributed by atoms with E-state index >= 15 is 0 Å².